The third-order valence-corrected chi connectivity index (χ3v) is 4.83. The van der Waals surface area contributed by atoms with Crippen LogP contribution < -0.4 is 16.4 Å². The fourth-order valence-electron chi connectivity index (χ4n) is 3.32. The molecule has 1 aliphatic rings. The van der Waals surface area contributed by atoms with Crippen molar-refractivity contribution in [3.63, 3.8) is 0 Å². The second-order valence-corrected chi connectivity index (χ2v) is 6.99. The van der Waals surface area contributed by atoms with Crippen LogP contribution >= 0.6 is 12.4 Å². The lowest BCUT2D eigenvalue weighted by atomic mass is 9.88. The molecule has 2 aromatic rings. The molecule has 1 aliphatic carbocycles. The van der Waals surface area contributed by atoms with Gasteiger partial charge in [0.05, 0.1) is 12.1 Å². The number of rotatable bonds is 5. The van der Waals surface area contributed by atoms with E-state index in [4.69, 9.17) is 5.73 Å². The Hall–Kier alpha value is -2.60. The summed E-state index contributed by atoms with van der Waals surface area (Å²) in [6.45, 7) is 0. The number of nitrogen functional groups attached to an aromatic ring is 1. The van der Waals surface area contributed by atoms with Gasteiger partial charge < -0.3 is 16.4 Å². The molecule has 28 heavy (non-hydrogen) atoms. The normalized spacial score (nSPS) is 14.0. The van der Waals surface area contributed by atoms with Crippen LogP contribution in [0.1, 0.15) is 37.7 Å². The quantitative estimate of drug-likeness (QED) is 0.639. The predicted octanol–water partition coefficient (Wildman–Crippen LogP) is 4.53. The molecule has 3 rings (SSSR count). The Bertz CT molecular complexity index is 821. The number of carbonyl (C=O) groups excluding carboxylic acids is 2. The van der Waals surface area contributed by atoms with Crippen LogP contribution in [0.2, 0.25) is 0 Å². The summed E-state index contributed by atoms with van der Waals surface area (Å²) >= 11 is 0. The van der Waals surface area contributed by atoms with E-state index < -0.39 is 5.82 Å². The van der Waals surface area contributed by atoms with E-state index >= 15 is 0 Å². The van der Waals surface area contributed by atoms with Crippen molar-refractivity contribution in [3.05, 3.63) is 53.8 Å². The molecule has 7 heteroatoms. The van der Waals surface area contributed by atoms with Crippen LogP contribution in [0.3, 0.4) is 0 Å². The molecule has 5 nitrogen and oxygen atoms in total. The highest BCUT2D eigenvalue weighted by molar-refractivity contribution is 5.95. The number of hydrogen-bond acceptors (Lipinski definition) is 3. The van der Waals surface area contributed by atoms with Gasteiger partial charge in [0.15, 0.2) is 0 Å². The molecule has 0 aliphatic heterocycles. The van der Waals surface area contributed by atoms with Crippen molar-refractivity contribution in [2.75, 3.05) is 16.4 Å². The molecule has 2 amide bonds. The molecule has 4 N–H and O–H groups in total. The number of benzene rings is 2. The van der Waals surface area contributed by atoms with Gasteiger partial charge in [-0.25, -0.2) is 4.39 Å². The summed E-state index contributed by atoms with van der Waals surface area (Å²) in [6, 6.07) is 11.2. The van der Waals surface area contributed by atoms with Crippen molar-refractivity contribution in [2.24, 2.45) is 5.92 Å². The monoisotopic (exact) mass is 405 g/mol. The summed E-state index contributed by atoms with van der Waals surface area (Å²) in [5.41, 5.74) is 7.63. The Morgan fingerprint density at radius 3 is 2.36 bits per heavy atom. The van der Waals surface area contributed by atoms with Crippen LogP contribution in [-0.2, 0) is 16.0 Å². The zero-order chi connectivity index (χ0) is 19.2. The number of nitrogens with one attached hydrogen (secondary N) is 2. The molecular formula is C21H25ClFN3O2. The van der Waals surface area contributed by atoms with Crippen molar-refractivity contribution in [1.82, 2.24) is 0 Å². The highest BCUT2D eigenvalue weighted by Gasteiger charge is 2.22. The molecule has 0 atom stereocenters. The summed E-state index contributed by atoms with van der Waals surface area (Å²) in [6.07, 6.45) is 5.07. The number of anilines is 3. The average molecular weight is 406 g/mol. The van der Waals surface area contributed by atoms with Gasteiger partial charge in [-0.3, -0.25) is 9.59 Å². The van der Waals surface area contributed by atoms with Gasteiger partial charge in [-0.15, -0.1) is 12.4 Å². The Morgan fingerprint density at radius 1 is 1.00 bits per heavy atom. The summed E-state index contributed by atoms with van der Waals surface area (Å²) in [4.78, 5) is 24.6. The molecule has 2 aromatic carbocycles. The Labute approximate surface area is 170 Å². The van der Waals surface area contributed by atoms with Crippen molar-refractivity contribution in [2.45, 2.75) is 38.5 Å². The lowest BCUT2D eigenvalue weighted by Crippen LogP contribution is -2.25. The first-order valence-electron chi connectivity index (χ1n) is 9.26. The minimum absolute atomic E-state index is 0. The van der Waals surface area contributed by atoms with Crippen LogP contribution in [0.4, 0.5) is 21.5 Å². The first-order valence-corrected chi connectivity index (χ1v) is 9.26. The lowest BCUT2D eigenvalue weighted by Gasteiger charge is -2.21. The largest absolute Gasteiger partial charge is 0.399 e. The molecule has 1 saturated carbocycles. The summed E-state index contributed by atoms with van der Waals surface area (Å²) < 4.78 is 14.1. The standard InChI is InChI=1S/C21H24FN3O2.ClH/c22-18-11-10-17(24-20(26)12-14-6-8-16(23)9-7-14)13-19(18)25-21(27)15-4-2-1-3-5-15;/h6-11,13,15H,1-5,12,23H2,(H,24,26)(H,25,27);1H. The van der Waals surface area contributed by atoms with Crippen LogP contribution in [0.15, 0.2) is 42.5 Å². The molecule has 0 spiro atoms. The number of amides is 2. The molecule has 0 aromatic heterocycles. The predicted molar refractivity (Wildman–Crippen MR) is 112 cm³/mol. The third-order valence-electron chi connectivity index (χ3n) is 4.83. The van der Waals surface area contributed by atoms with E-state index in [2.05, 4.69) is 10.6 Å². The fraction of sp³-hybridized carbons (Fsp3) is 0.333. The molecule has 1 fully saturated rings. The lowest BCUT2D eigenvalue weighted by molar-refractivity contribution is -0.120. The average Bonchev–Trinajstić information content (AvgIpc) is 2.67. The SMILES string of the molecule is Cl.Nc1ccc(CC(=O)Nc2ccc(F)c(NC(=O)C3CCCCC3)c2)cc1. The summed E-state index contributed by atoms with van der Waals surface area (Å²) in [7, 11) is 0. The Balaban J connectivity index is 0.00000280. The first-order chi connectivity index (χ1) is 13.0. The van der Waals surface area contributed by atoms with Crippen molar-refractivity contribution < 1.29 is 14.0 Å². The second-order valence-electron chi connectivity index (χ2n) is 6.99. The molecule has 150 valence electrons. The van der Waals surface area contributed by atoms with Crippen LogP contribution in [0.25, 0.3) is 0 Å². The summed E-state index contributed by atoms with van der Waals surface area (Å²) in [5, 5.41) is 5.41. The van der Waals surface area contributed by atoms with Gasteiger partial charge in [0, 0.05) is 17.3 Å². The van der Waals surface area contributed by atoms with Gasteiger partial charge in [-0.1, -0.05) is 31.4 Å². The molecule has 0 radical (unpaired) electrons. The van der Waals surface area contributed by atoms with Crippen molar-refractivity contribution in [3.8, 4) is 0 Å². The van der Waals surface area contributed by atoms with Gasteiger partial charge in [0.1, 0.15) is 5.82 Å². The van der Waals surface area contributed by atoms with Crippen LogP contribution in [-0.4, -0.2) is 11.8 Å². The number of carbonyl (C=O) groups is 2. The maximum absolute atomic E-state index is 14.1. The zero-order valence-electron chi connectivity index (χ0n) is 15.5. The van der Waals surface area contributed by atoms with Crippen molar-refractivity contribution in [1.29, 1.82) is 0 Å². The number of hydrogen-bond donors (Lipinski definition) is 3. The molecule has 0 heterocycles. The van der Waals surface area contributed by atoms with Crippen molar-refractivity contribution >= 4 is 41.3 Å². The maximum atomic E-state index is 14.1. The molecular weight excluding hydrogens is 381 g/mol. The van der Waals surface area contributed by atoms with Gasteiger partial charge in [0.25, 0.3) is 0 Å². The number of halogens is 2. The van der Waals surface area contributed by atoms with Gasteiger partial charge in [-0.05, 0) is 48.7 Å². The zero-order valence-corrected chi connectivity index (χ0v) is 16.4. The Kier molecular flexibility index (Phi) is 7.81. The van der Waals surface area contributed by atoms with Crippen LogP contribution in [0, 0.1) is 11.7 Å². The smallest absolute Gasteiger partial charge is 0.228 e. The molecule has 0 bridgehead atoms. The highest BCUT2D eigenvalue weighted by atomic mass is 35.5. The minimum Gasteiger partial charge on any atom is -0.399 e. The van der Waals surface area contributed by atoms with Gasteiger partial charge >= 0.3 is 0 Å². The Morgan fingerprint density at radius 2 is 1.68 bits per heavy atom. The van der Waals surface area contributed by atoms with E-state index in [-0.39, 0.29) is 42.2 Å². The van der Waals surface area contributed by atoms with E-state index in [0.717, 1.165) is 37.7 Å². The molecule has 0 unspecified atom stereocenters. The van der Waals surface area contributed by atoms with E-state index in [1.807, 2.05) is 0 Å². The topological polar surface area (TPSA) is 84.2 Å². The van der Waals surface area contributed by atoms with E-state index in [1.54, 1.807) is 24.3 Å². The first kappa shape index (κ1) is 21.7. The van der Waals surface area contributed by atoms with E-state index in [0.29, 0.717) is 11.4 Å². The fourth-order valence-corrected chi connectivity index (χ4v) is 3.32. The number of nitrogens with two attached hydrogens (primary N) is 1. The van der Waals surface area contributed by atoms with E-state index in [1.165, 1.54) is 18.2 Å². The van der Waals surface area contributed by atoms with E-state index in [9.17, 15) is 14.0 Å². The maximum Gasteiger partial charge on any atom is 0.228 e. The van der Waals surface area contributed by atoms with Gasteiger partial charge in [0.2, 0.25) is 11.8 Å². The second kappa shape index (κ2) is 10.1. The third kappa shape index (κ3) is 5.96. The summed E-state index contributed by atoms with van der Waals surface area (Å²) in [5.74, 6) is -0.965. The highest BCUT2D eigenvalue weighted by Crippen LogP contribution is 2.26. The van der Waals surface area contributed by atoms with Gasteiger partial charge in [-0.2, -0.15) is 0 Å². The minimum atomic E-state index is -0.518. The van der Waals surface area contributed by atoms with Crippen LogP contribution in [0.5, 0.6) is 0 Å². The molecule has 0 saturated heterocycles.